The molecule has 9 heteroatoms. The number of aromatic nitrogens is 5. The van der Waals surface area contributed by atoms with E-state index in [4.69, 9.17) is 20.9 Å². The molecule has 0 aliphatic carbocycles. The lowest BCUT2D eigenvalue weighted by atomic mass is 10.2. The van der Waals surface area contributed by atoms with Gasteiger partial charge in [0.1, 0.15) is 5.82 Å². The van der Waals surface area contributed by atoms with E-state index in [1.807, 2.05) is 6.07 Å². The van der Waals surface area contributed by atoms with Crippen LogP contribution >= 0.6 is 11.6 Å². The molecule has 4 aromatic rings. The average Bonchev–Trinajstić information content (AvgIpc) is 3.31. The summed E-state index contributed by atoms with van der Waals surface area (Å²) in [6.07, 6.45) is -0.527. The van der Waals surface area contributed by atoms with Gasteiger partial charge in [0.2, 0.25) is 5.82 Å². The molecule has 142 valence electrons. The van der Waals surface area contributed by atoms with E-state index >= 15 is 0 Å². The molecule has 1 unspecified atom stereocenters. The molecule has 0 fully saturated rings. The Labute approximate surface area is 164 Å². The largest absolute Gasteiger partial charge is 0.452 e. The van der Waals surface area contributed by atoms with Crippen molar-refractivity contribution < 1.29 is 13.7 Å². The third-order valence-corrected chi connectivity index (χ3v) is 4.33. The lowest BCUT2D eigenvalue weighted by molar-refractivity contribution is 0.186. The van der Waals surface area contributed by atoms with E-state index in [9.17, 15) is 4.39 Å². The van der Waals surface area contributed by atoms with Gasteiger partial charge in [-0.15, -0.1) is 5.10 Å². The van der Waals surface area contributed by atoms with Crippen molar-refractivity contribution in [3.63, 3.8) is 0 Å². The second-order valence-corrected chi connectivity index (χ2v) is 6.54. The van der Waals surface area contributed by atoms with Crippen LogP contribution in [-0.2, 0) is 7.05 Å². The molecule has 0 saturated heterocycles. The molecule has 0 radical (unpaired) electrons. The molecule has 0 spiro atoms. The molecule has 28 heavy (non-hydrogen) atoms. The summed E-state index contributed by atoms with van der Waals surface area (Å²) in [6, 6.07) is 13.4. The zero-order chi connectivity index (χ0) is 19.7. The van der Waals surface area contributed by atoms with Crippen LogP contribution in [0.4, 0.5) is 4.39 Å². The summed E-state index contributed by atoms with van der Waals surface area (Å²) in [5.41, 5.74) is 1.44. The average molecular weight is 400 g/mol. The third kappa shape index (κ3) is 3.59. The zero-order valence-electron chi connectivity index (χ0n) is 15.0. The number of benzene rings is 2. The van der Waals surface area contributed by atoms with Gasteiger partial charge in [-0.05, 0) is 49.4 Å². The zero-order valence-corrected chi connectivity index (χ0v) is 15.8. The molecule has 2 heterocycles. The second kappa shape index (κ2) is 7.40. The van der Waals surface area contributed by atoms with Crippen molar-refractivity contribution in [1.29, 1.82) is 0 Å². The summed E-state index contributed by atoms with van der Waals surface area (Å²) in [5, 5.41) is 12.7. The maximum atomic E-state index is 13.1. The fourth-order valence-corrected chi connectivity index (χ4v) is 2.81. The first-order valence-electron chi connectivity index (χ1n) is 8.43. The number of rotatable bonds is 5. The minimum atomic E-state index is -0.527. The van der Waals surface area contributed by atoms with Crippen molar-refractivity contribution in [2.45, 2.75) is 13.0 Å². The van der Waals surface area contributed by atoms with E-state index in [2.05, 4.69) is 20.3 Å². The molecule has 2 aromatic heterocycles. The van der Waals surface area contributed by atoms with Crippen molar-refractivity contribution in [2.75, 3.05) is 0 Å². The Morgan fingerprint density at radius 2 is 1.89 bits per heavy atom. The molecule has 4 rings (SSSR count). The van der Waals surface area contributed by atoms with Crippen LogP contribution in [0.2, 0.25) is 5.02 Å². The van der Waals surface area contributed by atoms with Crippen LogP contribution in [0.1, 0.15) is 18.9 Å². The summed E-state index contributed by atoms with van der Waals surface area (Å²) in [4.78, 5) is 4.36. The van der Waals surface area contributed by atoms with Crippen molar-refractivity contribution in [1.82, 2.24) is 24.9 Å². The number of nitrogens with zero attached hydrogens (tertiary/aromatic N) is 5. The number of hydrogen-bond donors (Lipinski definition) is 0. The Morgan fingerprint density at radius 1 is 1.11 bits per heavy atom. The summed E-state index contributed by atoms with van der Waals surface area (Å²) >= 11 is 6.00. The first-order chi connectivity index (χ1) is 13.5. The van der Waals surface area contributed by atoms with Crippen LogP contribution in [-0.4, -0.2) is 24.9 Å². The van der Waals surface area contributed by atoms with E-state index < -0.39 is 6.10 Å². The minimum absolute atomic E-state index is 0.279. The van der Waals surface area contributed by atoms with E-state index in [1.165, 1.54) is 12.1 Å². The Morgan fingerprint density at radius 3 is 2.64 bits per heavy atom. The van der Waals surface area contributed by atoms with E-state index in [0.29, 0.717) is 22.6 Å². The van der Waals surface area contributed by atoms with Crippen LogP contribution in [0.15, 0.2) is 53.1 Å². The van der Waals surface area contributed by atoms with Gasteiger partial charge in [-0.25, -0.2) is 4.39 Å². The van der Waals surface area contributed by atoms with Crippen LogP contribution in [0.5, 0.6) is 6.01 Å². The fourth-order valence-electron chi connectivity index (χ4n) is 2.62. The maximum absolute atomic E-state index is 13.1. The molecular formula is C19H15ClFN5O2. The first-order valence-corrected chi connectivity index (χ1v) is 8.80. The van der Waals surface area contributed by atoms with E-state index in [0.717, 1.165) is 11.1 Å². The number of halogens is 2. The molecule has 0 saturated carbocycles. The second-order valence-electron chi connectivity index (χ2n) is 6.10. The molecule has 0 N–H and O–H groups in total. The summed E-state index contributed by atoms with van der Waals surface area (Å²) in [7, 11) is 1.76. The quantitative estimate of drug-likeness (QED) is 0.493. The van der Waals surface area contributed by atoms with Gasteiger partial charge in [-0.1, -0.05) is 27.9 Å². The van der Waals surface area contributed by atoms with Crippen LogP contribution in [0.25, 0.3) is 22.8 Å². The topological polar surface area (TPSA) is 78.9 Å². The van der Waals surface area contributed by atoms with Gasteiger partial charge >= 0.3 is 6.01 Å². The molecule has 7 nitrogen and oxygen atoms in total. The van der Waals surface area contributed by atoms with Crippen LogP contribution in [0, 0.1) is 5.82 Å². The SMILES string of the molecule is CC(Oc1nnc(-c2ccc(F)cc2)n1C)c1noc(-c2cccc(Cl)c2)n1. The number of ether oxygens (including phenoxy) is 1. The van der Waals surface area contributed by atoms with Gasteiger partial charge in [-0.2, -0.15) is 4.98 Å². The van der Waals surface area contributed by atoms with Gasteiger partial charge in [0, 0.05) is 23.2 Å². The molecular weight excluding hydrogens is 385 g/mol. The lowest BCUT2D eigenvalue weighted by Gasteiger charge is -2.10. The molecule has 0 aliphatic rings. The van der Waals surface area contributed by atoms with Crippen molar-refractivity contribution >= 4 is 11.6 Å². The third-order valence-electron chi connectivity index (χ3n) is 4.10. The Balaban J connectivity index is 1.53. The van der Waals surface area contributed by atoms with Crippen molar-refractivity contribution in [3.05, 3.63) is 65.2 Å². The van der Waals surface area contributed by atoms with Crippen molar-refractivity contribution in [2.24, 2.45) is 7.05 Å². The van der Waals surface area contributed by atoms with E-state index in [-0.39, 0.29) is 11.8 Å². The van der Waals surface area contributed by atoms with Gasteiger partial charge in [-0.3, -0.25) is 4.57 Å². The Kier molecular flexibility index (Phi) is 4.79. The van der Waals surface area contributed by atoms with Gasteiger partial charge < -0.3 is 9.26 Å². The Bertz CT molecular complexity index is 1110. The summed E-state index contributed by atoms with van der Waals surface area (Å²) in [6.45, 7) is 1.78. The maximum Gasteiger partial charge on any atom is 0.317 e. The fraction of sp³-hybridized carbons (Fsp3) is 0.158. The molecule has 0 aliphatic heterocycles. The highest BCUT2D eigenvalue weighted by atomic mass is 35.5. The summed E-state index contributed by atoms with van der Waals surface area (Å²) < 4.78 is 25.9. The predicted octanol–water partition coefficient (Wildman–Crippen LogP) is 4.46. The highest BCUT2D eigenvalue weighted by Crippen LogP contribution is 2.26. The van der Waals surface area contributed by atoms with Crippen molar-refractivity contribution in [3.8, 4) is 28.9 Å². The smallest absolute Gasteiger partial charge is 0.317 e. The molecule has 2 aromatic carbocycles. The van der Waals surface area contributed by atoms with Crippen LogP contribution < -0.4 is 4.74 Å². The van der Waals surface area contributed by atoms with Crippen LogP contribution in [0.3, 0.4) is 0 Å². The summed E-state index contributed by atoms with van der Waals surface area (Å²) in [5.74, 6) is 0.942. The first kappa shape index (κ1) is 18.1. The van der Waals surface area contributed by atoms with Gasteiger partial charge in [0.05, 0.1) is 0 Å². The minimum Gasteiger partial charge on any atom is -0.452 e. The van der Waals surface area contributed by atoms with Gasteiger partial charge in [0.25, 0.3) is 5.89 Å². The number of hydrogen-bond acceptors (Lipinski definition) is 6. The molecule has 0 amide bonds. The normalized spacial score (nSPS) is 12.1. The van der Waals surface area contributed by atoms with E-state index in [1.54, 1.807) is 48.9 Å². The highest BCUT2D eigenvalue weighted by Gasteiger charge is 2.20. The standard InChI is InChI=1S/C19H15ClFN5O2/c1-11(16-22-18(28-25-16)13-4-3-5-14(20)10-13)27-19-24-23-17(26(19)2)12-6-8-15(21)9-7-12/h3-11H,1-2H3. The predicted molar refractivity (Wildman–Crippen MR) is 100 cm³/mol. The monoisotopic (exact) mass is 399 g/mol. The highest BCUT2D eigenvalue weighted by molar-refractivity contribution is 6.30. The lowest BCUT2D eigenvalue weighted by Crippen LogP contribution is -2.08. The van der Waals surface area contributed by atoms with Gasteiger partial charge in [0.15, 0.2) is 11.9 Å². The molecule has 0 bridgehead atoms. The molecule has 1 atom stereocenters. The Hall–Kier alpha value is -3.26.